The number of nitrogens with one attached hydrogen (secondary N) is 1. The van der Waals surface area contributed by atoms with E-state index in [0.717, 1.165) is 29.9 Å². The topological polar surface area (TPSA) is 21.3 Å². The van der Waals surface area contributed by atoms with Gasteiger partial charge in [-0.05, 0) is 23.6 Å². The number of rotatable bonds is 4. The van der Waals surface area contributed by atoms with Crippen molar-refractivity contribution in [2.45, 2.75) is 12.8 Å². The van der Waals surface area contributed by atoms with Gasteiger partial charge in [0, 0.05) is 30.8 Å². The first kappa shape index (κ1) is 13.8. The average molecular weight is 293 g/mol. The van der Waals surface area contributed by atoms with E-state index < -0.39 is 17.5 Å². The zero-order valence-electron chi connectivity index (χ0n) is 11.3. The summed E-state index contributed by atoms with van der Waals surface area (Å²) in [5.41, 5.74) is 2.54. The predicted molar refractivity (Wildman–Crippen MR) is 74.2 cm³/mol. The molecule has 0 spiro atoms. The van der Waals surface area contributed by atoms with Gasteiger partial charge in [-0.15, -0.1) is 0 Å². The quantitative estimate of drug-likeness (QED) is 0.868. The molecule has 0 bridgehead atoms. The van der Waals surface area contributed by atoms with Crippen LogP contribution in [0.3, 0.4) is 0 Å². The van der Waals surface area contributed by atoms with Gasteiger partial charge in [-0.1, -0.05) is 12.1 Å². The molecule has 2 aromatic carbocycles. The number of hydrogen-bond donors (Lipinski definition) is 1. The molecule has 3 rings (SSSR count). The Labute approximate surface area is 120 Å². The van der Waals surface area contributed by atoms with Crippen LogP contribution in [0.4, 0.5) is 18.9 Å². The fourth-order valence-electron chi connectivity index (χ4n) is 2.40. The van der Waals surface area contributed by atoms with Gasteiger partial charge in [-0.3, -0.25) is 0 Å². The molecule has 0 aliphatic carbocycles. The smallest absolute Gasteiger partial charge is 0.194 e. The third-order valence-corrected chi connectivity index (χ3v) is 3.48. The Morgan fingerprint density at radius 2 is 1.81 bits per heavy atom. The van der Waals surface area contributed by atoms with Crippen LogP contribution in [-0.2, 0) is 12.8 Å². The molecule has 1 aliphatic heterocycles. The van der Waals surface area contributed by atoms with Gasteiger partial charge >= 0.3 is 0 Å². The Kier molecular flexibility index (Phi) is 3.73. The van der Waals surface area contributed by atoms with Crippen molar-refractivity contribution in [1.82, 2.24) is 0 Å². The van der Waals surface area contributed by atoms with E-state index in [1.807, 2.05) is 12.1 Å². The maximum atomic E-state index is 13.1. The fourth-order valence-corrected chi connectivity index (χ4v) is 2.40. The van der Waals surface area contributed by atoms with Crippen LogP contribution in [0, 0.1) is 17.5 Å². The molecule has 1 aliphatic rings. The zero-order chi connectivity index (χ0) is 14.8. The molecular formula is C16H14F3NO. The summed E-state index contributed by atoms with van der Waals surface area (Å²) in [6, 6.07) is 7.90. The lowest BCUT2D eigenvalue weighted by atomic mass is 10.1. The zero-order valence-corrected chi connectivity index (χ0v) is 11.3. The molecule has 0 saturated carbocycles. The van der Waals surface area contributed by atoms with Crippen LogP contribution in [0.5, 0.6) is 5.75 Å². The van der Waals surface area contributed by atoms with Gasteiger partial charge < -0.3 is 10.1 Å². The standard InChI is InChI=1S/C16H14F3NO/c17-13-8-12(9-14(18)16(13)19)20-5-3-10-1-2-15-11(7-10)4-6-21-15/h1-2,7-9,20H,3-6H2. The van der Waals surface area contributed by atoms with Gasteiger partial charge in [0.05, 0.1) is 6.61 Å². The van der Waals surface area contributed by atoms with Crippen molar-refractivity contribution in [2.75, 3.05) is 18.5 Å². The third kappa shape index (κ3) is 2.96. The molecule has 2 nitrogen and oxygen atoms in total. The molecular weight excluding hydrogens is 279 g/mol. The lowest BCUT2D eigenvalue weighted by molar-refractivity contribution is 0.357. The Balaban J connectivity index is 1.61. The van der Waals surface area contributed by atoms with Crippen molar-refractivity contribution in [3.63, 3.8) is 0 Å². The highest BCUT2D eigenvalue weighted by Crippen LogP contribution is 2.26. The van der Waals surface area contributed by atoms with E-state index in [1.165, 1.54) is 5.56 Å². The van der Waals surface area contributed by atoms with Gasteiger partial charge in [-0.2, -0.15) is 0 Å². The first-order valence-electron chi connectivity index (χ1n) is 6.76. The second-order valence-electron chi connectivity index (χ2n) is 4.97. The molecule has 1 N–H and O–H groups in total. The van der Waals surface area contributed by atoms with Crippen molar-refractivity contribution in [3.05, 3.63) is 58.9 Å². The predicted octanol–water partition coefficient (Wildman–Crippen LogP) is 3.69. The number of hydrogen-bond acceptors (Lipinski definition) is 2. The molecule has 0 unspecified atom stereocenters. The van der Waals surface area contributed by atoms with Crippen LogP contribution in [0.1, 0.15) is 11.1 Å². The highest BCUT2D eigenvalue weighted by Gasteiger charge is 2.12. The minimum Gasteiger partial charge on any atom is -0.493 e. The lowest BCUT2D eigenvalue weighted by Gasteiger charge is -2.08. The van der Waals surface area contributed by atoms with E-state index in [0.29, 0.717) is 19.6 Å². The largest absolute Gasteiger partial charge is 0.493 e. The van der Waals surface area contributed by atoms with Crippen molar-refractivity contribution < 1.29 is 17.9 Å². The van der Waals surface area contributed by atoms with Crippen molar-refractivity contribution in [1.29, 1.82) is 0 Å². The number of fused-ring (bicyclic) bond motifs is 1. The molecule has 2 aromatic rings. The van der Waals surface area contributed by atoms with E-state index in [4.69, 9.17) is 4.74 Å². The van der Waals surface area contributed by atoms with Gasteiger partial charge in [0.15, 0.2) is 17.5 Å². The fraction of sp³-hybridized carbons (Fsp3) is 0.250. The molecule has 1 heterocycles. The highest BCUT2D eigenvalue weighted by molar-refractivity contribution is 5.45. The minimum atomic E-state index is -1.45. The number of anilines is 1. The van der Waals surface area contributed by atoms with Crippen LogP contribution < -0.4 is 10.1 Å². The summed E-state index contributed by atoms with van der Waals surface area (Å²) >= 11 is 0. The van der Waals surface area contributed by atoms with Gasteiger partial charge in [0.25, 0.3) is 0 Å². The maximum Gasteiger partial charge on any atom is 0.194 e. The van der Waals surface area contributed by atoms with Crippen LogP contribution in [0.25, 0.3) is 0 Å². The number of ether oxygens (including phenoxy) is 1. The van der Waals surface area contributed by atoms with Crippen molar-refractivity contribution >= 4 is 5.69 Å². The van der Waals surface area contributed by atoms with Crippen molar-refractivity contribution in [2.24, 2.45) is 0 Å². The molecule has 5 heteroatoms. The molecule has 0 radical (unpaired) electrons. The Morgan fingerprint density at radius 3 is 2.57 bits per heavy atom. The van der Waals surface area contributed by atoms with Crippen molar-refractivity contribution in [3.8, 4) is 5.75 Å². The highest BCUT2D eigenvalue weighted by atomic mass is 19.2. The summed E-state index contributed by atoms with van der Waals surface area (Å²) in [7, 11) is 0. The number of benzene rings is 2. The summed E-state index contributed by atoms with van der Waals surface area (Å²) in [5, 5.41) is 2.89. The second kappa shape index (κ2) is 5.68. The average Bonchev–Trinajstić information content (AvgIpc) is 2.92. The van der Waals surface area contributed by atoms with E-state index in [1.54, 1.807) is 0 Å². The lowest BCUT2D eigenvalue weighted by Crippen LogP contribution is -2.06. The second-order valence-corrected chi connectivity index (χ2v) is 4.97. The first-order chi connectivity index (χ1) is 10.1. The number of halogens is 3. The summed E-state index contributed by atoms with van der Waals surface area (Å²) in [5.74, 6) is -2.90. The summed E-state index contributed by atoms with van der Waals surface area (Å²) < 4.78 is 44.4. The van der Waals surface area contributed by atoms with Crippen LogP contribution in [0.15, 0.2) is 30.3 Å². The van der Waals surface area contributed by atoms with Crippen LogP contribution in [-0.4, -0.2) is 13.2 Å². The summed E-state index contributed by atoms with van der Waals surface area (Å²) in [4.78, 5) is 0. The van der Waals surface area contributed by atoms with E-state index in [-0.39, 0.29) is 5.69 Å². The molecule has 0 amide bonds. The molecule has 21 heavy (non-hydrogen) atoms. The third-order valence-electron chi connectivity index (χ3n) is 3.48. The Bertz CT molecular complexity index is 650. The molecule has 0 fully saturated rings. The van der Waals surface area contributed by atoms with E-state index in [9.17, 15) is 13.2 Å². The van der Waals surface area contributed by atoms with Crippen LogP contribution >= 0.6 is 0 Å². The van der Waals surface area contributed by atoms with E-state index >= 15 is 0 Å². The Hall–Kier alpha value is -2.17. The van der Waals surface area contributed by atoms with E-state index in [2.05, 4.69) is 11.4 Å². The molecule has 110 valence electrons. The molecule has 0 saturated heterocycles. The Morgan fingerprint density at radius 1 is 1.05 bits per heavy atom. The molecule has 0 atom stereocenters. The first-order valence-corrected chi connectivity index (χ1v) is 6.76. The molecule has 0 aromatic heterocycles. The minimum absolute atomic E-state index is 0.232. The summed E-state index contributed by atoms with van der Waals surface area (Å²) in [6.45, 7) is 1.22. The van der Waals surface area contributed by atoms with Crippen LogP contribution in [0.2, 0.25) is 0 Å². The monoisotopic (exact) mass is 293 g/mol. The van der Waals surface area contributed by atoms with Gasteiger partial charge in [0.2, 0.25) is 0 Å². The maximum absolute atomic E-state index is 13.1. The van der Waals surface area contributed by atoms with Gasteiger partial charge in [0.1, 0.15) is 5.75 Å². The summed E-state index contributed by atoms with van der Waals surface area (Å²) in [6.07, 6.45) is 1.61. The van der Waals surface area contributed by atoms with Gasteiger partial charge in [-0.25, -0.2) is 13.2 Å². The SMILES string of the molecule is Fc1cc(NCCc2ccc3c(c2)CCO3)cc(F)c1F. The normalized spacial score (nSPS) is 12.9.